The van der Waals surface area contributed by atoms with Crippen LogP contribution in [0.25, 0.3) is 0 Å². The second-order valence-corrected chi connectivity index (χ2v) is 9.98. The third-order valence-corrected chi connectivity index (χ3v) is 6.81. The van der Waals surface area contributed by atoms with E-state index in [2.05, 4.69) is 65.6 Å². The van der Waals surface area contributed by atoms with E-state index in [0.29, 0.717) is 0 Å². The predicted octanol–water partition coefficient (Wildman–Crippen LogP) is 6.01. The lowest BCUT2D eigenvalue weighted by Gasteiger charge is -2.24. The molecular weight excluding hydrogens is 366 g/mol. The Labute approximate surface area is 173 Å². The minimum absolute atomic E-state index is 0.0819. The minimum atomic E-state index is -1.23. The van der Waals surface area contributed by atoms with Crippen LogP contribution < -0.4 is 9.64 Å². The molecule has 0 aromatic heterocycles. The fraction of sp³-hybridized carbons (Fsp3) is 0.500. The average Bonchev–Trinajstić information content (AvgIpc) is 2.64. The molecule has 0 aliphatic rings. The Bertz CT molecular complexity index is 829. The normalized spacial score (nSPS) is 12.7. The molecule has 0 bridgehead atoms. The maximum atomic E-state index is 13.5. The highest BCUT2D eigenvalue weighted by Gasteiger charge is 2.22. The standard InChI is InChI=1S/C24H35NO2S/c1-9-10-13-25(7)19-14-17(2)23(18(3)15-19)28(26)20-11-12-22(27-8)21(16-20)24(4,5)6/h11-12,14-16H,9-10,13H2,1-8H3. The van der Waals surface area contributed by atoms with Gasteiger partial charge in [-0.1, -0.05) is 34.1 Å². The summed E-state index contributed by atoms with van der Waals surface area (Å²) in [5.41, 5.74) is 4.33. The molecule has 28 heavy (non-hydrogen) atoms. The van der Waals surface area contributed by atoms with Crippen LogP contribution in [0.1, 0.15) is 57.2 Å². The largest absolute Gasteiger partial charge is 0.496 e. The molecular formula is C24H35NO2S. The Morgan fingerprint density at radius 1 is 1.07 bits per heavy atom. The fourth-order valence-electron chi connectivity index (χ4n) is 3.47. The Morgan fingerprint density at radius 3 is 2.18 bits per heavy atom. The van der Waals surface area contributed by atoms with Gasteiger partial charge >= 0.3 is 0 Å². The first-order valence-corrected chi connectivity index (χ1v) is 11.2. The molecule has 0 saturated heterocycles. The van der Waals surface area contributed by atoms with Crippen LogP contribution in [0.2, 0.25) is 0 Å². The zero-order chi connectivity index (χ0) is 21.1. The summed E-state index contributed by atoms with van der Waals surface area (Å²) in [7, 11) is 2.58. The molecule has 3 nitrogen and oxygen atoms in total. The summed E-state index contributed by atoms with van der Waals surface area (Å²) in [5, 5.41) is 0. The Morgan fingerprint density at radius 2 is 1.68 bits per heavy atom. The van der Waals surface area contributed by atoms with Crippen molar-refractivity contribution >= 4 is 16.5 Å². The van der Waals surface area contributed by atoms with Gasteiger partial charge in [-0.25, -0.2) is 4.21 Å². The molecule has 1 atom stereocenters. The van der Waals surface area contributed by atoms with Crippen LogP contribution in [-0.4, -0.2) is 24.9 Å². The molecule has 2 rings (SSSR count). The van der Waals surface area contributed by atoms with Gasteiger partial charge in [0.05, 0.1) is 17.9 Å². The van der Waals surface area contributed by atoms with Crippen molar-refractivity contribution in [2.75, 3.05) is 25.6 Å². The second-order valence-electron chi connectivity index (χ2n) is 8.56. The van der Waals surface area contributed by atoms with E-state index in [0.717, 1.165) is 38.8 Å². The number of unbranched alkanes of at least 4 members (excludes halogenated alkanes) is 1. The van der Waals surface area contributed by atoms with Crippen molar-refractivity contribution in [3.8, 4) is 5.75 Å². The third-order valence-electron chi connectivity index (χ3n) is 5.11. The Hall–Kier alpha value is -1.81. The first kappa shape index (κ1) is 22.5. The molecule has 0 fully saturated rings. The van der Waals surface area contributed by atoms with Crippen molar-refractivity contribution in [2.24, 2.45) is 0 Å². The van der Waals surface area contributed by atoms with Crippen LogP contribution in [0.15, 0.2) is 40.1 Å². The van der Waals surface area contributed by atoms with Gasteiger partial charge in [0.25, 0.3) is 0 Å². The van der Waals surface area contributed by atoms with Gasteiger partial charge in [-0.05, 0) is 67.1 Å². The highest BCUT2D eigenvalue weighted by atomic mass is 32.2. The van der Waals surface area contributed by atoms with Crippen LogP contribution in [0.4, 0.5) is 5.69 Å². The number of rotatable bonds is 7. The van der Waals surface area contributed by atoms with Gasteiger partial charge in [0.1, 0.15) is 5.75 Å². The van der Waals surface area contributed by atoms with Gasteiger partial charge in [0, 0.05) is 34.6 Å². The number of methoxy groups -OCH3 is 1. The quantitative estimate of drug-likeness (QED) is 0.569. The SMILES string of the molecule is CCCCN(C)c1cc(C)c(S(=O)c2ccc(OC)c(C(C)(C)C)c2)c(C)c1. The van der Waals surface area contributed by atoms with Crippen LogP contribution in [0, 0.1) is 13.8 Å². The van der Waals surface area contributed by atoms with E-state index < -0.39 is 10.8 Å². The summed E-state index contributed by atoms with van der Waals surface area (Å²) in [5.74, 6) is 0.842. The lowest BCUT2D eigenvalue weighted by Crippen LogP contribution is -2.19. The Kier molecular flexibility index (Phi) is 7.33. The van der Waals surface area contributed by atoms with E-state index in [1.165, 1.54) is 18.5 Å². The molecule has 0 radical (unpaired) electrons. The van der Waals surface area contributed by atoms with Crippen LogP contribution in [0.3, 0.4) is 0 Å². The number of hydrogen-bond donors (Lipinski definition) is 0. The molecule has 1 unspecified atom stereocenters. The van der Waals surface area contributed by atoms with Crippen molar-refractivity contribution in [2.45, 2.75) is 69.6 Å². The number of nitrogens with zero attached hydrogens (tertiary/aromatic N) is 1. The smallest absolute Gasteiger partial charge is 0.122 e. The maximum Gasteiger partial charge on any atom is 0.122 e. The monoisotopic (exact) mass is 401 g/mol. The van der Waals surface area contributed by atoms with Gasteiger partial charge in [-0.2, -0.15) is 0 Å². The first-order valence-electron chi connectivity index (χ1n) is 10.0. The van der Waals surface area contributed by atoms with Crippen molar-refractivity contribution < 1.29 is 8.95 Å². The number of hydrogen-bond acceptors (Lipinski definition) is 3. The Balaban J connectivity index is 2.44. The van der Waals surface area contributed by atoms with E-state index in [1.807, 2.05) is 18.2 Å². The van der Waals surface area contributed by atoms with E-state index in [4.69, 9.17) is 4.74 Å². The van der Waals surface area contributed by atoms with E-state index in [1.54, 1.807) is 7.11 Å². The van der Waals surface area contributed by atoms with Gasteiger partial charge in [0.2, 0.25) is 0 Å². The van der Waals surface area contributed by atoms with Crippen molar-refractivity contribution in [3.63, 3.8) is 0 Å². The van der Waals surface area contributed by atoms with Crippen LogP contribution >= 0.6 is 0 Å². The van der Waals surface area contributed by atoms with Gasteiger partial charge in [-0.3, -0.25) is 0 Å². The summed E-state index contributed by atoms with van der Waals surface area (Å²) in [4.78, 5) is 4.02. The number of ether oxygens (including phenoxy) is 1. The maximum absolute atomic E-state index is 13.5. The molecule has 154 valence electrons. The molecule has 0 N–H and O–H groups in total. The highest BCUT2D eigenvalue weighted by molar-refractivity contribution is 7.85. The first-order chi connectivity index (χ1) is 13.1. The fourth-order valence-corrected chi connectivity index (χ4v) is 4.83. The predicted molar refractivity (Wildman–Crippen MR) is 120 cm³/mol. The van der Waals surface area contributed by atoms with Gasteiger partial charge in [0.15, 0.2) is 0 Å². The molecule has 2 aromatic carbocycles. The summed E-state index contributed by atoms with van der Waals surface area (Å²) in [6.07, 6.45) is 2.35. The molecule has 0 saturated carbocycles. The zero-order valence-corrected chi connectivity index (χ0v) is 19.5. The van der Waals surface area contributed by atoms with Gasteiger partial charge in [-0.15, -0.1) is 0 Å². The summed E-state index contributed by atoms with van der Waals surface area (Å²) in [6.45, 7) is 13.8. The molecule has 4 heteroatoms. The molecule has 0 spiro atoms. The van der Waals surface area contributed by atoms with Crippen molar-refractivity contribution in [3.05, 3.63) is 47.0 Å². The van der Waals surface area contributed by atoms with E-state index in [9.17, 15) is 4.21 Å². The average molecular weight is 402 g/mol. The number of anilines is 1. The molecule has 0 amide bonds. The third kappa shape index (κ3) is 4.96. The number of aryl methyl sites for hydroxylation is 2. The molecule has 0 aliphatic carbocycles. The summed E-state index contributed by atoms with van der Waals surface area (Å²) < 4.78 is 19.0. The van der Waals surface area contributed by atoms with Gasteiger partial charge < -0.3 is 9.64 Å². The zero-order valence-electron chi connectivity index (χ0n) is 18.7. The van der Waals surface area contributed by atoms with E-state index >= 15 is 0 Å². The van der Waals surface area contributed by atoms with E-state index in [-0.39, 0.29) is 5.41 Å². The second kappa shape index (κ2) is 9.13. The summed E-state index contributed by atoms with van der Waals surface area (Å²) >= 11 is 0. The molecule has 0 heterocycles. The summed E-state index contributed by atoms with van der Waals surface area (Å²) in [6, 6.07) is 10.2. The topological polar surface area (TPSA) is 29.5 Å². The van der Waals surface area contributed by atoms with Crippen LogP contribution in [-0.2, 0) is 16.2 Å². The van der Waals surface area contributed by atoms with Crippen molar-refractivity contribution in [1.29, 1.82) is 0 Å². The lowest BCUT2D eigenvalue weighted by atomic mass is 9.86. The highest BCUT2D eigenvalue weighted by Crippen LogP contribution is 2.35. The number of benzene rings is 2. The minimum Gasteiger partial charge on any atom is -0.496 e. The lowest BCUT2D eigenvalue weighted by molar-refractivity contribution is 0.397. The molecule has 0 aliphatic heterocycles. The molecule has 2 aromatic rings. The van der Waals surface area contributed by atoms with Crippen LogP contribution in [0.5, 0.6) is 5.75 Å². The van der Waals surface area contributed by atoms with Crippen molar-refractivity contribution in [1.82, 2.24) is 0 Å².